The van der Waals surface area contributed by atoms with E-state index in [2.05, 4.69) is 45.1 Å². The van der Waals surface area contributed by atoms with Gasteiger partial charge in [0.25, 0.3) is 0 Å². The van der Waals surface area contributed by atoms with Crippen molar-refractivity contribution in [2.24, 2.45) is 0 Å². The first kappa shape index (κ1) is 15.7. The van der Waals surface area contributed by atoms with Crippen LogP contribution in [0.5, 0.6) is 5.75 Å². The summed E-state index contributed by atoms with van der Waals surface area (Å²) in [5.74, 6) is 1.72. The van der Waals surface area contributed by atoms with Crippen LogP contribution in [0.3, 0.4) is 0 Å². The zero-order valence-corrected chi connectivity index (χ0v) is 14.7. The number of halogens is 1. The Kier molecular flexibility index (Phi) is 4.76. The SMILES string of the molecule is Cc1cc(OCCNc2ncnc3ccccc23)cc(C)c1Br. The number of nitrogens with zero attached hydrogens (tertiary/aromatic N) is 2. The quantitative estimate of drug-likeness (QED) is 0.670. The van der Waals surface area contributed by atoms with Gasteiger partial charge in [-0.25, -0.2) is 9.97 Å². The zero-order valence-electron chi connectivity index (χ0n) is 13.1. The Balaban J connectivity index is 1.61. The maximum Gasteiger partial charge on any atom is 0.137 e. The number of benzene rings is 2. The summed E-state index contributed by atoms with van der Waals surface area (Å²) in [6, 6.07) is 12.0. The number of aromatic nitrogens is 2. The van der Waals surface area contributed by atoms with Crippen molar-refractivity contribution in [1.29, 1.82) is 0 Å². The van der Waals surface area contributed by atoms with E-state index >= 15 is 0 Å². The Morgan fingerprint density at radius 1 is 1.09 bits per heavy atom. The van der Waals surface area contributed by atoms with Gasteiger partial charge >= 0.3 is 0 Å². The molecule has 23 heavy (non-hydrogen) atoms. The molecule has 0 fully saturated rings. The van der Waals surface area contributed by atoms with Gasteiger partial charge in [0.1, 0.15) is 24.5 Å². The van der Waals surface area contributed by atoms with Crippen LogP contribution in [0.15, 0.2) is 47.2 Å². The first-order chi connectivity index (χ1) is 11.1. The molecule has 0 amide bonds. The summed E-state index contributed by atoms with van der Waals surface area (Å²) in [5.41, 5.74) is 3.29. The van der Waals surface area contributed by atoms with Crippen molar-refractivity contribution >= 4 is 32.7 Å². The highest BCUT2D eigenvalue weighted by Gasteiger charge is 2.04. The minimum Gasteiger partial charge on any atom is -0.492 e. The number of hydrogen-bond donors (Lipinski definition) is 1. The van der Waals surface area contributed by atoms with E-state index in [9.17, 15) is 0 Å². The van der Waals surface area contributed by atoms with Gasteiger partial charge < -0.3 is 10.1 Å². The van der Waals surface area contributed by atoms with Crippen molar-refractivity contribution in [3.63, 3.8) is 0 Å². The van der Waals surface area contributed by atoms with Crippen molar-refractivity contribution in [2.75, 3.05) is 18.5 Å². The summed E-state index contributed by atoms with van der Waals surface area (Å²) < 4.78 is 6.96. The minimum atomic E-state index is 0.568. The maximum atomic E-state index is 5.83. The minimum absolute atomic E-state index is 0.568. The molecule has 0 saturated carbocycles. The van der Waals surface area contributed by atoms with E-state index in [0.717, 1.165) is 26.9 Å². The van der Waals surface area contributed by atoms with Crippen molar-refractivity contribution in [3.8, 4) is 5.75 Å². The number of ether oxygens (including phenoxy) is 1. The third-order valence-corrected chi connectivity index (χ3v) is 4.87. The van der Waals surface area contributed by atoms with E-state index in [1.807, 2.05) is 36.4 Å². The van der Waals surface area contributed by atoms with Crippen LogP contribution in [0, 0.1) is 13.8 Å². The molecule has 0 atom stereocenters. The van der Waals surface area contributed by atoms with Gasteiger partial charge in [-0.3, -0.25) is 0 Å². The number of anilines is 1. The summed E-state index contributed by atoms with van der Waals surface area (Å²) >= 11 is 3.57. The summed E-state index contributed by atoms with van der Waals surface area (Å²) in [6.07, 6.45) is 1.58. The van der Waals surface area contributed by atoms with Gasteiger partial charge in [0, 0.05) is 9.86 Å². The van der Waals surface area contributed by atoms with E-state index in [0.29, 0.717) is 13.2 Å². The zero-order chi connectivity index (χ0) is 16.2. The van der Waals surface area contributed by atoms with Crippen molar-refractivity contribution < 1.29 is 4.74 Å². The summed E-state index contributed by atoms with van der Waals surface area (Å²) in [4.78, 5) is 8.57. The van der Waals surface area contributed by atoms with E-state index in [1.54, 1.807) is 6.33 Å². The lowest BCUT2D eigenvalue weighted by Gasteiger charge is -2.11. The summed E-state index contributed by atoms with van der Waals surface area (Å²) in [5, 5.41) is 4.33. The van der Waals surface area contributed by atoms with Gasteiger partial charge in [-0.05, 0) is 49.2 Å². The molecule has 0 bridgehead atoms. The fraction of sp³-hybridized carbons (Fsp3) is 0.222. The number of para-hydroxylation sites is 1. The van der Waals surface area contributed by atoms with Crippen LogP contribution in [-0.2, 0) is 0 Å². The average Bonchev–Trinajstić information content (AvgIpc) is 2.56. The topological polar surface area (TPSA) is 47.0 Å². The molecule has 1 aromatic heterocycles. The molecule has 3 rings (SSSR count). The molecule has 0 unspecified atom stereocenters. The maximum absolute atomic E-state index is 5.83. The number of hydrogen-bond acceptors (Lipinski definition) is 4. The Morgan fingerprint density at radius 3 is 2.61 bits per heavy atom. The largest absolute Gasteiger partial charge is 0.492 e. The fourth-order valence-electron chi connectivity index (χ4n) is 2.47. The molecule has 1 N–H and O–H groups in total. The molecule has 3 aromatic rings. The highest BCUT2D eigenvalue weighted by atomic mass is 79.9. The van der Waals surface area contributed by atoms with E-state index in [-0.39, 0.29) is 0 Å². The highest BCUT2D eigenvalue weighted by Crippen LogP contribution is 2.26. The molecule has 2 aromatic carbocycles. The van der Waals surface area contributed by atoms with E-state index in [1.165, 1.54) is 11.1 Å². The first-order valence-electron chi connectivity index (χ1n) is 7.48. The molecule has 4 nitrogen and oxygen atoms in total. The molecule has 5 heteroatoms. The van der Waals surface area contributed by atoms with Crippen LogP contribution >= 0.6 is 15.9 Å². The van der Waals surface area contributed by atoms with Crippen LogP contribution in [-0.4, -0.2) is 23.1 Å². The second-order valence-corrected chi connectivity index (χ2v) is 6.18. The molecular formula is C18H18BrN3O. The Bertz CT molecular complexity index is 807. The molecule has 0 aliphatic carbocycles. The van der Waals surface area contributed by atoms with Gasteiger partial charge in [-0.1, -0.05) is 28.1 Å². The second kappa shape index (κ2) is 6.96. The second-order valence-electron chi connectivity index (χ2n) is 5.39. The van der Waals surface area contributed by atoms with Gasteiger partial charge in [-0.15, -0.1) is 0 Å². The number of fused-ring (bicyclic) bond motifs is 1. The van der Waals surface area contributed by atoms with Gasteiger partial charge in [-0.2, -0.15) is 0 Å². The van der Waals surface area contributed by atoms with Crippen molar-refractivity contribution in [3.05, 3.63) is 58.3 Å². The monoisotopic (exact) mass is 371 g/mol. The lowest BCUT2D eigenvalue weighted by Crippen LogP contribution is -2.13. The average molecular weight is 372 g/mol. The third-order valence-electron chi connectivity index (χ3n) is 3.62. The van der Waals surface area contributed by atoms with Gasteiger partial charge in [0.05, 0.1) is 12.1 Å². The van der Waals surface area contributed by atoms with Gasteiger partial charge in [0.2, 0.25) is 0 Å². The first-order valence-corrected chi connectivity index (χ1v) is 8.27. The fourth-order valence-corrected chi connectivity index (χ4v) is 2.70. The molecule has 1 heterocycles. The highest BCUT2D eigenvalue weighted by molar-refractivity contribution is 9.10. The van der Waals surface area contributed by atoms with Crippen LogP contribution in [0.25, 0.3) is 10.9 Å². The van der Waals surface area contributed by atoms with Crippen LogP contribution in [0.1, 0.15) is 11.1 Å². The molecule has 0 aliphatic heterocycles. The predicted octanol–water partition coefficient (Wildman–Crippen LogP) is 4.50. The molecule has 0 spiro atoms. The Hall–Kier alpha value is -2.14. The molecule has 0 radical (unpaired) electrons. The van der Waals surface area contributed by atoms with Crippen LogP contribution in [0.4, 0.5) is 5.82 Å². The lowest BCUT2D eigenvalue weighted by atomic mass is 10.1. The smallest absolute Gasteiger partial charge is 0.137 e. The van der Waals surface area contributed by atoms with Gasteiger partial charge in [0.15, 0.2) is 0 Å². The van der Waals surface area contributed by atoms with Crippen LogP contribution < -0.4 is 10.1 Å². The number of rotatable bonds is 5. The lowest BCUT2D eigenvalue weighted by molar-refractivity contribution is 0.332. The molecular weight excluding hydrogens is 354 g/mol. The summed E-state index contributed by atoms with van der Waals surface area (Å²) in [6.45, 7) is 5.37. The molecule has 0 saturated heterocycles. The Morgan fingerprint density at radius 2 is 1.83 bits per heavy atom. The standard InChI is InChI=1S/C18H18BrN3O/c1-12-9-14(10-13(2)17(12)19)23-8-7-20-18-15-5-3-4-6-16(15)21-11-22-18/h3-6,9-11H,7-8H2,1-2H3,(H,20,21,22). The predicted molar refractivity (Wildman–Crippen MR) is 97.1 cm³/mol. The molecule has 118 valence electrons. The molecule has 0 aliphatic rings. The number of nitrogens with one attached hydrogen (secondary N) is 1. The Labute approximate surface area is 144 Å². The van der Waals surface area contributed by atoms with Crippen molar-refractivity contribution in [1.82, 2.24) is 9.97 Å². The van der Waals surface area contributed by atoms with Crippen molar-refractivity contribution in [2.45, 2.75) is 13.8 Å². The van der Waals surface area contributed by atoms with E-state index in [4.69, 9.17) is 4.74 Å². The van der Waals surface area contributed by atoms with Crippen LogP contribution in [0.2, 0.25) is 0 Å². The third kappa shape index (κ3) is 3.62. The summed E-state index contributed by atoms with van der Waals surface area (Å²) in [7, 11) is 0. The normalized spacial score (nSPS) is 10.7. The number of aryl methyl sites for hydroxylation is 2. The van der Waals surface area contributed by atoms with E-state index < -0.39 is 0 Å².